The van der Waals surface area contributed by atoms with Gasteiger partial charge in [0, 0.05) is 55.4 Å². The Bertz CT molecular complexity index is 1140. The van der Waals surface area contributed by atoms with Gasteiger partial charge in [-0.3, -0.25) is 15.0 Å². The Hall–Kier alpha value is -2.90. The van der Waals surface area contributed by atoms with Crippen LogP contribution >= 0.6 is 0 Å². The van der Waals surface area contributed by atoms with E-state index < -0.39 is 0 Å². The summed E-state index contributed by atoms with van der Waals surface area (Å²) < 4.78 is 8.54. The molecule has 186 valence electrons. The Kier molecular flexibility index (Phi) is 7.35. The van der Waals surface area contributed by atoms with Crippen LogP contribution in [0.5, 0.6) is 5.75 Å². The van der Waals surface area contributed by atoms with Crippen molar-refractivity contribution < 1.29 is 14.8 Å². The Labute approximate surface area is 206 Å². The quantitative estimate of drug-likeness (QED) is 0.334. The summed E-state index contributed by atoms with van der Waals surface area (Å²) in [7, 11) is 0. The maximum Gasteiger partial charge on any atom is 0.269 e. The number of nitro groups is 1. The van der Waals surface area contributed by atoms with Gasteiger partial charge in [0.05, 0.1) is 11.0 Å². The van der Waals surface area contributed by atoms with Crippen LogP contribution in [0.3, 0.4) is 0 Å². The largest absolute Gasteiger partial charge is 0.489 e. The van der Waals surface area contributed by atoms with Crippen molar-refractivity contribution in [3.05, 3.63) is 69.9 Å². The number of aliphatic hydroxyl groups excluding tert-OH is 1. The van der Waals surface area contributed by atoms with E-state index in [0.29, 0.717) is 6.61 Å². The fourth-order valence-corrected chi connectivity index (χ4v) is 5.56. The van der Waals surface area contributed by atoms with Crippen molar-refractivity contribution >= 4 is 16.6 Å². The summed E-state index contributed by atoms with van der Waals surface area (Å²) in [6.07, 6.45) is 10.5. The van der Waals surface area contributed by atoms with Crippen LogP contribution in [0.4, 0.5) is 5.69 Å². The van der Waals surface area contributed by atoms with E-state index in [-0.39, 0.29) is 16.7 Å². The Balaban J connectivity index is 1.36. The third-order valence-corrected chi connectivity index (χ3v) is 7.62. The molecule has 1 N–H and O–H groups in total. The summed E-state index contributed by atoms with van der Waals surface area (Å²) in [5.41, 5.74) is 3.56. The number of piperidine rings is 1. The predicted molar refractivity (Wildman–Crippen MR) is 136 cm³/mol. The second kappa shape index (κ2) is 10.8. The summed E-state index contributed by atoms with van der Waals surface area (Å²) in [4.78, 5) is 12.9. The molecule has 1 aliphatic carbocycles. The molecule has 0 spiro atoms. The van der Waals surface area contributed by atoms with Gasteiger partial charge in [0.25, 0.3) is 5.69 Å². The summed E-state index contributed by atoms with van der Waals surface area (Å²) in [5, 5.41) is 22.0. The first kappa shape index (κ1) is 23.8. The highest BCUT2D eigenvalue weighted by Gasteiger charge is 2.21. The number of ether oxygens (including phenoxy) is 1. The Morgan fingerprint density at radius 1 is 1.00 bits per heavy atom. The normalized spacial score (nSPS) is 18.2. The van der Waals surface area contributed by atoms with Gasteiger partial charge in [-0.2, -0.15) is 0 Å². The third-order valence-electron chi connectivity index (χ3n) is 7.62. The molecule has 0 amide bonds. The van der Waals surface area contributed by atoms with Gasteiger partial charge in [-0.1, -0.05) is 19.3 Å². The minimum absolute atomic E-state index is 0.0874. The van der Waals surface area contributed by atoms with Crippen LogP contribution in [0.15, 0.2) is 48.7 Å². The molecule has 35 heavy (non-hydrogen) atoms. The number of likely N-dealkylation sites (tertiary alicyclic amines) is 1. The lowest BCUT2D eigenvalue weighted by atomic mass is 9.89. The van der Waals surface area contributed by atoms with Gasteiger partial charge in [0.1, 0.15) is 12.4 Å². The monoisotopic (exact) mass is 477 g/mol. The van der Waals surface area contributed by atoms with E-state index >= 15 is 0 Å². The van der Waals surface area contributed by atoms with Gasteiger partial charge in [-0.25, -0.2) is 0 Å². The summed E-state index contributed by atoms with van der Waals surface area (Å²) in [6, 6.07) is 12.9. The number of benzene rings is 2. The van der Waals surface area contributed by atoms with E-state index in [0.717, 1.165) is 56.3 Å². The van der Waals surface area contributed by atoms with Gasteiger partial charge >= 0.3 is 0 Å². The fourth-order valence-electron chi connectivity index (χ4n) is 5.56. The first-order valence-electron chi connectivity index (χ1n) is 12.9. The molecule has 2 heterocycles. The molecule has 0 atom stereocenters. The van der Waals surface area contributed by atoms with Crippen molar-refractivity contribution in [2.45, 2.75) is 70.7 Å². The van der Waals surface area contributed by atoms with Crippen LogP contribution in [-0.4, -0.2) is 38.7 Å². The van der Waals surface area contributed by atoms with Crippen molar-refractivity contribution in [1.82, 2.24) is 9.47 Å². The maximum absolute atomic E-state index is 10.9. The van der Waals surface area contributed by atoms with Crippen LogP contribution in [-0.2, 0) is 19.7 Å². The molecule has 1 aliphatic heterocycles. The minimum atomic E-state index is -0.388. The third kappa shape index (κ3) is 5.85. The van der Waals surface area contributed by atoms with Gasteiger partial charge in [0.2, 0.25) is 0 Å². The minimum Gasteiger partial charge on any atom is -0.489 e. The average Bonchev–Trinajstić information content (AvgIpc) is 3.21. The summed E-state index contributed by atoms with van der Waals surface area (Å²) >= 11 is 0. The standard InChI is InChI=1S/C28H35N3O4/c32-25-12-14-29(15-13-25)18-23-19-30(17-21-4-2-1-3-5-21)28-11-10-26(16-27(23)28)35-20-22-6-8-24(9-7-22)31(33)34/h6-11,16,19,21,25,32H,1-5,12-15,17-18,20H2. The Morgan fingerprint density at radius 3 is 2.46 bits per heavy atom. The zero-order valence-electron chi connectivity index (χ0n) is 20.3. The van der Waals surface area contributed by atoms with Gasteiger partial charge in [-0.05, 0) is 73.1 Å². The maximum atomic E-state index is 10.9. The van der Waals surface area contributed by atoms with Gasteiger partial charge in [-0.15, -0.1) is 0 Å². The van der Waals surface area contributed by atoms with Crippen molar-refractivity contribution in [3.63, 3.8) is 0 Å². The molecule has 1 saturated heterocycles. The fraction of sp³-hybridized carbons (Fsp3) is 0.500. The number of nitro benzene ring substituents is 1. The smallest absolute Gasteiger partial charge is 0.269 e. The second-order valence-corrected chi connectivity index (χ2v) is 10.2. The van der Waals surface area contributed by atoms with Crippen LogP contribution in [0.25, 0.3) is 10.9 Å². The molecular weight excluding hydrogens is 442 g/mol. The number of hydrogen-bond donors (Lipinski definition) is 1. The van der Waals surface area contributed by atoms with Crippen molar-refractivity contribution in [2.75, 3.05) is 13.1 Å². The highest BCUT2D eigenvalue weighted by Crippen LogP contribution is 2.32. The van der Waals surface area contributed by atoms with Crippen LogP contribution < -0.4 is 4.74 Å². The van der Waals surface area contributed by atoms with Crippen LogP contribution in [0.2, 0.25) is 0 Å². The number of nitrogens with zero attached hydrogens (tertiary/aromatic N) is 3. The zero-order valence-corrected chi connectivity index (χ0v) is 20.3. The summed E-state index contributed by atoms with van der Waals surface area (Å²) in [5.74, 6) is 1.55. The SMILES string of the molecule is O=[N+]([O-])c1ccc(COc2ccc3c(c2)c(CN2CCC(O)CC2)cn3CC2CCCCC2)cc1. The average molecular weight is 478 g/mol. The topological polar surface area (TPSA) is 80.8 Å². The second-order valence-electron chi connectivity index (χ2n) is 10.2. The predicted octanol–water partition coefficient (Wildman–Crippen LogP) is 5.67. The highest BCUT2D eigenvalue weighted by molar-refractivity contribution is 5.85. The van der Waals surface area contributed by atoms with Gasteiger partial charge in [0.15, 0.2) is 0 Å². The number of rotatable bonds is 8. The van der Waals surface area contributed by atoms with E-state index in [4.69, 9.17) is 4.74 Å². The van der Waals surface area contributed by atoms with Crippen molar-refractivity contribution in [3.8, 4) is 5.75 Å². The van der Waals surface area contributed by atoms with E-state index in [1.54, 1.807) is 12.1 Å². The van der Waals surface area contributed by atoms with Crippen molar-refractivity contribution in [1.29, 1.82) is 0 Å². The molecule has 2 aliphatic rings. The lowest BCUT2D eigenvalue weighted by Crippen LogP contribution is -2.35. The van der Waals surface area contributed by atoms with E-state index in [2.05, 4.69) is 27.8 Å². The van der Waals surface area contributed by atoms with E-state index in [9.17, 15) is 15.2 Å². The molecule has 1 saturated carbocycles. The number of hydrogen-bond acceptors (Lipinski definition) is 5. The number of aromatic nitrogens is 1. The number of non-ortho nitro benzene ring substituents is 1. The van der Waals surface area contributed by atoms with E-state index in [1.165, 1.54) is 60.7 Å². The lowest BCUT2D eigenvalue weighted by molar-refractivity contribution is -0.384. The van der Waals surface area contributed by atoms with Gasteiger partial charge < -0.3 is 14.4 Å². The molecule has 1 aromatic heterocycles. The summed E-state index contributed by atoms with van der Waals surface area (Å²) in [6.45, 7) is 4.16. The van der Waals surface area contributed by atoms with Crippen LogP contribution in [0, 0.1) is 16.0 Å². The molecule has 3 aromatic rings. The van der Waals surface area contributed by atoms with Crippen molar-refractivity contribution in [2.24, 2.45) is 5.92 Å². The molecule has 0 radical (unpaired) electrons. The molecule has 7 nitrogen and oxygen atoms in total. The first-order chi connectivity index (χ1) is 17.0. The molecular formula is C28H35N3O4. The molecule has 2 fully saturated rings. The number of aliphatic hydroxyl groups is 1. The molecule has 2 aromatic carbocycles. The van der Waals surface area contributed by atoms with E-state index in [1.807, 2.05) is 6.07 Å². The molecule has 0 unspecified atom stereocenters. The van der Waals surface area contributed by atoms with Crippen LogP contribution in [0.1, 0.15) is 56.1 Å². The Morgan fingerprint density at radius 2 is 1.74 bits per heavy atom. The molecule has 5 rings (SSSR count). The number of fused-ring (bicyclic) bond motifs is 1. The zero-order chi connectivity index (χ0) is 24.2. The highest BCUT2D eigenvalue weighted by atomic mass is 16.6. The molecule has 7 heteroatoms. The first-order valence-corrected chi connectivity index (χ1v) is 12.9. The lowest BCUT2D eigenvalue weighted by Gasteiger charge is -2.29. The molecule has 0 bridgehead atoms.